The van der Waals surface area contributed by atoms with Crippen LogP contribution in [0.25, 0.3) is 0 Å². The van der Waals surface area contributed by atoms with Crippen LogP contribution in [0.15, 0.2) is 42.5 Å². The van der Waals surface area contributed by atoms with Crippen LogP contribution >= 0.6 is 0 Å². The summed E-state index contributed by atoms with van der Waals surface area (Å²) in [5.41, 5.74) is 1.77. The van der Waals surface area contributed by atoms with Crippen LogP contribution in [-0.2, 0) is 11.2 Å². The van der Waals surface area contributed by atoms with E-state index in [9.17, 15) is 14.3 Å². The van der Waals surface area contributed by atoms with Crippen LogP contribution in [-0.4, -0.2) is 30.8 Å². The van der Waals surface area contributed by atoms with E-state index < -0.39 is 17.8 Å². The molecule has 1 amide bonds. The highest BCUT2D eigenvalue weighted by Gasteiger charge is 2.16. The SMILES string of the molecule is O=C(COc1ccccc1F)NC[C@H](O)c1ccc2c(c1)CCO2. The van der Waals surface area contributed by atoms with Gasteiger partial charge in [0.05, 0.1) is 12.7 Å². The van der Waals surface area contributed by atoms with Gasteiger partial charge in [-0.1, -0.05) is 18.2 Å². The van der Waals surface area contributed by atoms with E-state index in [2.05, 4.69) is 5.32 Å². The zero-order valence-corrected chi connectivity index (χ0v) is 13.0. The first kappa shape index (κ1) is 16.3. The number of ether oxygens (including phenoxy) is 2. The lowest BCUT2D eigenvalue weighted by molar-refractivity contribution is -0.123. The lowest BCUT2D eigenvalue weighted by Crippen LogP contribution is -2.32. The molecule has 0 radical (unpaired) electrons. The van der Waals surface area contributed by atoms with Crippen molar-refractivity contribution in [2.24, 2.45) is 0 Å². The van der Waals surface area contributed by atoms with Gasteiger partial charge in [-0.2, -0.15) is 0 Å². The molecule has 0 aromatic heterocycles. The molecule has 1 aliphatic heterocycles. The molecule has 3 rings (SSSR count). The molecule has 6 heteroatoms. The van der Waals surface area contributed by atoms with Gasteiger partial charge in [0.15, 0.2) is 18.2 Å². The van der Waals surface area contributed by atoms with Crippen molar-refractivity contribution in [2.45, 2.75) is 12.5 Å². The van der Waals surface area contributed by atoms with E-state index in [1.54, 1.807) is 18.2 Å². The van der Waals surface area contributed by atoms with Crippen LogP contribution in [0.3, 0.4) is 0 Å². The molecule has 1 aliphatic rings. The Kier molecular flexibility index (Phi) is 4.96. The van der Waals surface area contributed by atoms with Gasteiger partial charge in [0, 0.05) is 13.0 Å². The largest absolute Gasteiger partial charge is 0.493 e. The monoisotopic (exact) mass is 331 g/mol. The average Bonchev–Trinajstić information content (AvgIpc) is 3.06. The molecule has 0 bridgehead atoms. The number of rotatable bonds is 6. The van der Waals surface area contributed by atoms with Gasteiger partial charge in [-0.05, 0) is 35.4 Å². The van der Waals surface area contributed by atoms with Crippen LogP contribution in [0.1, 0.15) is 17.2 Å². The van der Waals surface area contributed by atoms with Crippen LogP contribution in [0, 0.1) is 5.82 Å². The summed E-state index contributed by atoms with van der Waals surface area (Å²) in [7, 11) is 0. The van der Waals surface area contributed by atoms with Crippen LogP contribution in [0.5, 0.6) is 11.5 Å². The number of aliphatic hydroxyl groups excluding tert-OH is 1. The molecule has 0 saturated heterocycles. The standard InChI is InChI=1S/C18H18FNO4/c19-14-3-1-2-4-17(14)24-11-18(22)20-10-15(21)12-5-6-16-13(9-12)7-8-23-16/h1-6,9,15,21H,7-8,10-11H2,(H,20,22)/t15-/m0/s1. The van der Waals surface area contributed by atoms with Gasteiger partial charge in [-0.25, -0.2) is 4.39 Å². The number of para-hydroxylation sites is 1. The number of nitrogens with one attached hydrogen (secondary N) is 1. The summed E-state index contributed by atoms with van der Waals surface area (Å²) in [6.07, 6.45) is -0.00745. The van der Waals surface area contributed by atoms with E-state index in [0.29, 0.717) is 6.61 Å². The number of fused-ring (bicyclic) bond motifs is 1. The predicted octanol–water partition coefficient (Wildman–Crippen LogP) is 1.99. The van der Waals surface area contributed by atoms with Gasteiger partial charge in [0.2, 0.25) is 0 Å². The summed E-state index contributed by atoms with van der Waals surface area (Å²) in [6.45, 7) is 0.393. The third kappa shape index (κ3) is 3.83. The molecule has 0 aliphatic carbocycles. The maximum absolute atomic E-state index is 13.4. The lowest BCUT2D eigenvalue weighted by atomic mass is 10.0. The molecule has 0 unspecified atom stereocenters. The van der Waals surface area contributed by atoms with E-state index in [1.807, 2.05) is 12.1 Å². The van der Waals surface area contributed by atoms with Gasteiger partial charge in [0.25, 0.3) is 5.91 Å². The zero-order valence-electron chi connectivity index (χ0n) is 13.0. The van der Waals surface area contributed by atoms with Gasteiger partial charge < -0.3 is 19.9 Å². The molecular formula is C18H18FNO4. The molecule has 1 atom stereocenters. The molecule has 126 valence electrons. The first-order valence-corrected chi connectivity index (χ1v) is 7.71. The van der Waals surface area contributed by atoms with Crippen LogP contribution < -0.4 is 14.8 Å². The van der Waals surface area contributed by atoms with Crippen LogP contribution in [0.2, 0.25) is 0 Å². The Bertz CT molecular complexity index is 735. The van der Waals surface area contributed by atoms with E-state index in [0.717, 1.165) is 23.3 Å². The minimum absolute atomic E-state index is 0.0202. The molecule has 1 heterocycles. The van der Waals surface area contributed by atoms with Crippen molar-refractivity contribution >= 4 is 5.91 Å². The predicted molar refractivity (Wildman–Crippen MR) is 85.5 cm³/mol. The van der Waals surface area contributed by atoms with Crippen LogP contribution in [0.4, 0.5) is 4.39 Å². The molecule has 0 fully saturated rings. The highest BCUT2D eigenvalue weighted by Crippen LogP contribution is 2.28. The fraction of sp³-hybridized carbons (Fsp3) is 0.278. The van der Waals surface area contributed by atoms with Crippen molar-refractivity contribution in [3.8, 4) is 11.5 Å². The van der Waals surface area contributed by atoms with E-state index >= 15 is 0 Å². The van der Waals surface area contributed by atoms with Gasteiger partial charge in [0.1, 0.15) is 5.75 Å². The van der Waals surface area contributed by atoms with Crippen molar-refractivity contribution in [1.82, 2.24) is 5.32 Å². The van der Waals surface area contributed by atoms with Crippen molar-refractivity contribution in [3.05, 3.63) is 59.4 Å². The summed E-state index contributed by atoms with van der Waals surface area (Å²) < 4.78 is 23.9. The second kappa shape index (κ2) is 7.31. The van der Waals surface area contributed by atoms with Crippen molar-refractivity contribution in [1.29, 1.82) is 0 Å². The maximum Gasteiger partial charge on any atom is 0.258 e. The number of benzene rings is 2. The number of halogens is 1. The van der Waals surface area contributed by atoms with Crippen molar-refractivity contribution < 1.29 is 23.8 Å². The topological polar surface area (TPSA) is 67.8 Å². The first-order valence-electron chi connectivity index (χ1n) is 7.71. The maximum atomic E-state index is 13.4. The van der Waals surface area contributed by atoms with Gasteiger partial charge in [-0.15, -0.1) is 0 Å². The third-order valence-corrected chi connectivity index (χ3v) is 3.79. The Hall–Kier alpha value is -2.60. The summed E-state index contributed by atoms with van der Waals surface area (Å²) in [5.74, 6) is -0.0902. The Morgan fingerprint density at radius 1 is 1.33 bits per heavy atom. The fourth-order valence-corrected chi connectivity index (χ4v) is 2.50. The number of aliphatic hydroxyl groups is 1. The van der Waals surface area contributed by atoms with E-state index in [1.165, 1.54) is 12.1 Å². The number of amides is 1. The van der Waals surface area contributed by atoms with Gasteiger partial charge >= 0.3 is 0 Å². The molecule has 2 aromatic rings. The zero-order chi connectivity index (χ0) is 16.9. The number of carbonyl (C=O) groups is 1. The Morgan fingerprint density at radius 3 is 3.00 bits per heavy atom. The number of carbonyl (C=O) groups excluding carboxylic acids is 1. The molecular weight excluding hydrogens is 313 g/mol. The Labute approximate surface area is 139 Å². The summed E-state index contributed by atoms with van der Waals surface area (Å²) in [4.78, 5) is 11.8. The fourth-order valence-electron chi connectivity index (χ4n) is 2.50. The van der Waals surface area contributed by atoms with E-state index in [4.69, 9.17) is 9.47 Å². The molecule has 24 heavy (non-hydrogen) atoms. The third-order valence-electron chi connectivity index (χ3n) is 3.79. The molecule has 2 N–H and O–H groups in total. The highest BCUT2D eigenvalue weighted by molar-refractivity contribution is 5.77. The van der Waals surface area contributed by atoms with Gasteiger partial charge in [-0.3, -0.25) is 4.79 Å². The Balaban J connectivity index is 1.48. The molecule has 0 saturated carbocycles. The second-order valence-electron chi connectivity index (χ2n) is 5.50. The minimum atomic E-state index is -0.826. The summed E-state index contributed by atoms with van der Waals surface area (Å²) in [5, 5.41) is 12.7. The summed E-state index contributed by atoms with van der Waals surface area (Å²) >= 11 is 0. The number of hydrogen-bond acceptors (Lipinski definition) is 4. The van der Waals surface area contributed by atoms with Crippen molar-refractivity contribution in [3.63, 3.8) is 0 Å². The Morgan fingerprint density at radius 2 is 2.17 bits per heavy atom. The first-order chi connectivity index (χ1) is 11.6. The molecule has 5 nitrogen and oxygen atoms in total. The molecule has 2 aromatic carbocycles. The quantitative estimate of drug-likeness (QED) is 0.849. The smallest absolute Gasteiger partial charge is 0.258 e. The molecule has 0 spiro atoms. The van der Waals surface area contributed by atoms with Crippen molar-refractivity contribution in [2.75, 3.05) is 19.8 Å². The highest BCUT2D eigenvalue weighted by atomic mass is 19.1. The summed E-state index contributed by atoms with van der Waals surface area (Å²) in [6, 6.07) is 11.4. The second-order valence-corrected chi connectivity index (χ2v) is 5.50. The normalized spacial score (nSPS) is 13.8. The lowest BCUT2D eigenvalue weighted by Gasteiger charge is -2.13. The van der Waals surface area contributed by atoms with E-state index in [-0.39, 0.29) is 18.9 Å². The average molecular weight is 331 g/mol. The number of hydrogen-bond donors (Lipinski definition) is 2. The minimum Gasteiger partial charge on any atom is -0.493 e.